The lowest BCUT2D eigenvalue weighted by Gasteiger charge is -1.96. The molecule has 0 bridgehead atoms. The van der Waals surface area contributed by atoms with E-state index in [2.05, 4.69) is 0 Å². The molecular weight excluding hydrogens is 162 g/mol. The van der Waals surface area contributed by atoms with Crippen molar-refractivity contribution in [3.05, 3.63) is 41.5 Å². The Hall–Kier alpha value is -1.59. The molecule has 1 rings (SSSR count). The molecule has 1 aromatic rings. The summed E-state index contributed by atoms with van der Waals surface area (Å²) in [5.74, 6) is 0. The van der Waals surface area contributed by atoms with Gasteiger partial charge in [0, 0.05) is 0 Å². The third kappa shape index (κ3) is 3.10. The molecule has 0 aliphatic carbocycles. The van der Waals surface area contributed by atoms with Gasteiger partial charge in [-0.2, -0.15) is 5.26 Å². The lowest BCUT2D eigenvalue weighted by Crippen LogP contribution is -1.82. The van der Waals surface area contributed by atoms with E-state index in [1.807, 2.05) is 36.4 Å². The fourth-order valence-electron chi connectivity index (χ4n) is 1.04. The zero-order valence-electron chi connectivity index (χ0n) is 7.27. The number of aliphatic hydroxyl groups excluding tert-OH is 1. The van der Waals surface area contributed by atoms with Gasteiger partial charge >= 0.3 is 0 Å². The second-order valence-electron chi connectivity index (χ2n) is 2.67. The van der Waals surface area contributed by atoms with Gasteiger partial charge in [0.1, 0.15) is 0 Å². The Bertz CT molecular complexity index is 336. The van der Waals surface area contributed by atoms with Gasteiger partial charge in [0.25, 0.3) is 0 Å². The zero-order chi connectivity index (χ0) is 9.52. The van der Waals surface area contributed by atoms with Gasteiger partial charge in [-0.1, -0.05) is 30.4 Å². The molecule has 0 heterocycles. The molecule has 66 valence electrons. The molecule has 13 heavy (non-hydrogen) atoms. The van der Waals surface area contributed by atoms with Crippen LogP contribution in [0.1, 0.15) is 17.5 Å². The molecule has 2 heteroatoms. The molecule has 0 atom stereocenters. The molecule has 0 saturated heterocycles. The summed E-state index contributed by atoms with van der Waals surface area (Å²) >= 11 is 0. The monoisotopic (exact) mass is 173 g/mol. The lowest BCUT2D eigenvalue weighted by molar-refractivity contribution is 0.282. The van der Waals surface area contributed by atoms with Gasteiger partial charge < -0.3 is 5.11 Å². The van der Waals surface area contributed by atoms with Crippen LogP contribution in [0.2, 0.25) is 0 Å². The SMILES string of the molecule is N#CCC=Cc1cccc(CO)c1. The average Bonchev–Trinajstić information content (AvgIpc) is 2.19. The third-order valence-electron chi connectivity index (χ3n) is 1.65. The van der Waals surface area contributed by atoms with E-state index in [9.17, 15) is 0 Å². The molecule has 1 aromatic carbocycles. The zero-order valence-corrected chi connectivity index (χ0v) is 7.27. The summed E-state index contributed by atoms with van der Waals surface area (Å²) in [6.45, 7) is 0.0555. The topological polar surface area (TPSA) is 44.0 Å². The molecule has 0 aromatic heterocycles. The van der Waals surface area contributed by atoms with Crippen LogP contribution in [0.25, 0.3) is 6.08 Å². The summed E-state index contributed by atoms with van der Waals surface area (Å²) < 4.78 is 0. The van der Waals surface area contributed by atoms with Crippen molar-refractivity contribution in [2.75, 3.05) is 0 Å². The Labute approximate surface area is 77.8 Å². The molecule has 0 spiro atoms. The maximum Gasteiger partial charge on any atom is 0.0682 e. The predicted octanol–water partition coefficient (Wildman–Crippen LogP) is 2.11. The van der Waals surface area contributed by atoms with Crippen LogP contribution in [0, 0.1) is 11.3 Å². The summed E-state index contributed by atoms with van der Waals surface area (Å²) in [5, 5.41) is 17.2. The summed E-state index contributed by atoms with van der Waals surface area (Å²) in [6, 6.07) is 9.61. The minimum absolute atomic E-state index is 0.0555. The van der Waals surface area contributed by atoms with E-state index in [4.69, 9.17) is 10.4 Å². The molecule has 0 aliphatic rings. The van der Waals surface area contributed by atoms with Crippen molar-refractivity contribution in [1.82, 2.24) is 0 Å². The summed E-state index contributed by atoms with van der Waals surface area (Å²) in [4.78, 5) is 0. The van der Waals surface area contributed by atoms with Gasteiger partial charge in [0.2, 0.25) is 0 Å². The summed E-state index contributed by atoms with van der Waals surface area (Å²) in [5.41, 5.74) is 1.90. The highest BCUT2D eigenvalue weighted by molar-refractivity contribution is 5.50. The van der Waals surface area contributed by atoms with E-state index < -0.39 is 0 Å². The van der Waals surface area contributed by atoms with E-state index in [-0.39, 0.29) is 6.61 Å². The van der Waals surface area contributed by atoms with Crippen LogP contribution in [0.5, 0.6) is 0 Å². The second kappa shape index (κ2) is 5.13. The average molecular weight is 173 g/mol. The molecule has 0 radical (unpaired) electrons. The molecule has 0 aliphatic heterocycles. The first-order valence-electron chi connectivity index (χ1n) is 4.10. The number of benzene rings is 1. The molecule has 0 saturated carbocycles. The first kappa shape index (κ1) is 9.50. The fraction of sp³-hybridized carbons (Fsp3) is 0.182. The number of rotatable bonds is 3. The summed E-state index contributed by atoms with van der Waals surface area (Å²) in [7, 11) is 0. The molecule has 1 N–H and O–H groups in total. The van der Waals surface area contributed by atoms with Crippen molar-refractivity contribution in [3.8, 4) is 6.07 Å². The second-order valence-corrected chi connectivity index (χ2v) is 2.67. The van der Waals surface area contributed by atoms with E-state index in [1.54, 1.807) is 6.08 Å². The first-order chi connectivity index (χ1) is 6.36. The highest BCUT2D eigenvalue weighted by Crippen LogP contribution is 2.07. The van der Waals surface area contributed by atoms with Crippen molar-refractivity contribution < 1.29 is 5.11 Å². The maximum absolute atomic E-state index is 8.86. The van der Waals surface area contributed by atoms with E-state index in [1.165, 1.54) is 0 Å². The molecule has 2 nitrogen and oxygen atoms in total. The number of nitriles is 1. The first-order valence-corrected chi connectivity index (χ1v) is 4.10. The predicted molar refractivity (Wildman–Crippen MR) is 51.6 cm³/mol. The van der Waals surface area contributed by atoms with Crippen LogP contribution in [0.3, 0.4) is 0 Å². The highest BCUT2D eigenvalue weighted by atomic mass is 16.3. The van der Waals surface area contributed by atoms with Crippen molar-refractivity contribution in [1.29, 1.82) is 5.26 Å². The van der Waals surface area contributed by atoms with Crippen LogP contribution in [0.4, 0.5) is 0 Å². The Kier molecular flexibility index (Phi) is 3.74. The van der Waals surface area contributed by atoms with Crippen LogP contribution < -0.4 is 0 Å². The van der Waals surface area contributed by atoms with Gasteiger partial charge in [-0.3, -0.25) is 0 Å². The largest absolute Gasteiger partial charge is 0.392 e. The number of nitrogens with zero attached hydrogens (tertiary/aromatic N) is 1. The molecule has 0 fully saturated rings. The van der Waals surface area contributed by atoms with E-state index in [0.717, 1.165) is 11.1 Å². The van der Waals surface area contributed by atoms with Gasteiger partial charge in [-0.25, -0.2) is 0 Å². The van der Waals surface area contributed by atoms with Gasteiger partial charge in [0.05, 0.1) is 19.1 Å². The quantitative estimate of drug-likeness (QED) is 0.760. The Balaban J connectivity index is 2.73. The van der Waals surface area contributed by atoms with Crippen LogP contribution in [0.15, 0.2) is 30.3 Å². The minimum Gasteiger partial charge on any atom is -0.392 e. The molecular formula is C11H11NO. The minimum atomic E-state index is 0.0555. The highest BCUT2D eigenvalue weighted by Gasteiger charge is 1.90. The number of allylic oxidation sites excluding steroid dienone is 1. The number of aliphatic hydroxyl groups is 1. The number of hydrogen-bond acceptors (Lipinski definition) is 2. The Morgan fingerprint density at radius 2 is 2.31 bits per heavy atom. The van der Waals surface area contributed by atoms with Crippen molar-refractivity contribution >= 4 is 6.08 Å². The van der Waals surface area contributed by atoms with Crippen LogP contribution >= 0.6 is 0 Å². The van der Waals surface area contributed by atoms with Gasteiger partial charge in [0.15, 0.2) is 0 Å². The van der Waals surface area contributed by atoms with E-state index in [0.29, 0.717) is 6.42 Å². The van der Waals surface area contributed by atoms with Crippen molar-refractivity contribution in [2.45, 2.75) is 13.0 Å². The normalized spacial score (nSPS) is 10.2. The molecule has 0 amide bonds. The smallest absolute Gasteiger partial charge is 0.0682 e. The van der Waals surface area contributed by atoms with Crippen molar-refractivity contribution in [3.63, 3.8) is 0 Å². The standard InChI is InChI=1S/C11H11NO/c12-7-2-1-4-10-5-3-6-11(8-10)9-13/h1,3-6,8,13H,2,9H2. The van der Waals surface area contributed by atoms with Crippen LogP contribution in [-0.4, -0.2) is 5.11 Å². The molecule has 0 unspecified atom stereocenters. The Morgan fingerprint density at radius 1 is 1.46 bits per heavy atom. The fourth-order valence-corrected chi connectivity index (χ4v) is 1.04. The maximum atomic E-state index is 8.86. The van der Waals surface area contributed by atoms with Crippen LogP contribution in [-0.2, 0) is 6.61 Å². The lowest BCUT2D eigenvalue weighted by atomic mass is 10.1. The number of hydrogen-bond donors (Lipinski definition) is 1. The van der Waals surface area contributed by atoms with Gasteiger partial charge in [-0.15, -0.1) is 0 Å². The third-order valence-corrected chi connectivity index (χ3v) is 1.65. The Morgan fingerprint density at radius 3 is 3.00 bits per heavy atom. The van der Waals surface area contributed by atoms with E-state index >= 15 is 0 Å². The summed E-state index contributed by atoms with van der Waals surface area (Å²) in [6.07, 6.45) is 4.10. The van der Waals surface area contributed by atoms with Gasteiger partial charge in [-0.05, 0) is 17.2 Å². The van der Waals surface area contributed by atoms with Crippen molar-refractivity contribution in [2.24, 2.45) is 0 Å².